The smallest absolute Gasteiger partial charge is 0.251 e. The minimum Gasteiger partial charge on any atom is -0.469 e. The zero-order valence-corrected chi connectivity index (χ0v) is 16.3. The Kier molecular flexibility index (Phi) is 4.58. The van der Waals surface area contributed by atoms with Gasteiger partial charge in [0.15, 0.2) is 5.13 Å². The van der Waals surface area contributed by atoms with Crippen LogP contribution in [0.1, 0.15) is 34.4 Å². The van der Waals surface area contributed by atoms with Gasteiger partial charge >= 0.3 is 0 Å². The molecule has 1 aromatic carbocycles. The third-order valence-corrected chi connectivity index (χ3v) is 5.57. The first-order valence-electron chi connectivity index (χ1n) is 8.90. The molecule has 5 nitrogen and oxygen atoms in total. The van der Waals surface area contributed by atoms with Gasteiger partial charge in [-0.25, -0.2) is 4.98 Å². The lowest BCUT2D eigenvalue weighted by Gasteiger charge is -2.12. The minimum absolute atomic E-state index is 0.0125. The molecule has 0 aliphatic carbocycles. The average molecular weight is 379 g/mol. The Morgan fingerprint density at radius 1 is 1.22 bits per heavy atom. The van der Waals surface area contributed by atoms with Gasteiger partial charge in [0.25, 0.3) is 5.91 Å². The second kappa shape index (κ2) is 7.04. The topological polar surface area (TPSA) is 60.1 Å². The highest BCUT2D eigenvalue weighted by atomic mass is 32.1. The van der Waals surface area contributed by atoms with Crippen LogP contribution in [0.2, 0.25) is 0 Å². The van der Waals surface area contributed by atoms with Gasteiger partial charge in [-0.15, -0.1) is 0 Å². The number of hydrogen-bond acceptors (Lipinski definition) is 4. The molecule has 4 rings (SSSR count). The molecule has 0 radical (unpaired) electrons. The Balaban J connectivity index is 1.55. The molecule has 6 heteroatoms. The standard InChI is InChI=1S/C21H21N3O2S/c1-13(11-17-5-4-10-26-17)22-20(25)16-8-9-18-19(12-16)27-21(23-18)24-14(2)6-7-15(24)3/h4-10,12-13H,11H2,1-3H3,(H,22,25). The molecule has 0 bridgehead atoms. The van der Waals surface area contributed by atoms with E-state index >= 15 is 0 Å². The fraction of sp³-hybridized carbons (Fsp3) is 0.238. The van der Waals surface area contributed by atoms with Gasteiger partial charge in [0.2, 0.25) is 0 Å². The Bertz CT molecular complexity index is 1070. The number of thiazole rings is 1. The Morgan fingerprint density at radius 3 is 2.70 bits per heavy atom. The van der Waals surface area contributed by atoms with Crippen LogP contribution in [0.3, 0.4) is 0 Å². The number of nitrogens with zero attached hydrogens (tertiary/aromatic N) is 2. The summed E-state index contributed by atoms with van der Waals surface area (Å²) < 4.78 is 8.48. The predicted molar refractivity (Wildman–Crippen MR) is 108 cm³/mol. The summed E-state index contributed by atoms with van der Waals surface area (Å²) in [5.41, 5.74) is 3.85. The molecule has 27 heavy (non-hydrogen) atoms. The van der Waals surface area contributed by atoms with Crippen molar-refractivity contribution in [3.63, 3.8) is 0 Å². The Morgan fingerprint density at radius 2 is 2.00 bits per heavy atom. The number of amides is 1. The number of aryl methyl sites for hydroxylation is 2. The molecule has 0 saturated heterocycles. The summed E-state index contributed by atoms with van der Waals surface area (Å²) >= 11 is 1.59. The van der Waals surface area contributed by atoms with Gasteiger partial charge in [-0.05, 0) is 63.2 Å². The van der Waals surface area contributed by atoms with Gasteiger partial charge in [0.05, 0.1) is 16.5 Å². The maximum Gasteiger partial charge on any atom is 0.251 e. The zero-order valence-electron chi connectivity index (χ0n) is 15.5. The highest BCUT2D eigenvalue weighted by Crippen LogP contribution is 2.28. The fourth-order valence-electron chi connectivity index (χ4n) is 3.21. The summed E-state index contributed by atoms with van der Waals surface area (Å²) in [4.78, 5) is 17.3. The van der Waals surface area contributed by atoms with E-state index in [2.05, 4.69) is 35.9 Å². The number of furan rings is 1. The molecule has 4 aromatic rings. The van der Waals surface area contributed by atoms with Crippen LogP contribution in [0.5, 0.6) is 0 Å². The summed E-state index contributed by atoms with van der Waals surface area (Å²) in [6, 6.07) is 13.6. The first-order chi connectivity index (χ1) is 13.0. The van der Waals surface area contributed by atoms with Gasteiger partial charge in [0.1, 0.15) is 5.76 Å². The first-order valence-corrected chi connectivity index (χ1v) is 9.72. The monoisotopic (exact) mass is 379 g/mol. The summed E-state index contributed by atoms with van der Waals surface area (Å²) in [6.45, 7) is 6.11. The number of carbonyl (C=O) groups excluding carboxylic acids is 1. The number of benzene rings is 1. The fourth-order valence-corrected chi connectivity index (χ4v) is 4.33. The van der Waals surface area contributed by atoms with Crippen LogP contribution in [0.25, 0.3) is 15.3 Å². The molecule has 0 saturated carbocycles. The van der Waals surface area contributed by atoms with Crippen molar-refractivity contribution in [3.05, 3.63) is 71.4 Å². The molecule has 0 fully saturated rings. The van der Waals surface area contributed by atoms with Gasteiger partial charge in [-0.3, -0.25) is 9.36 Å². The number of hydrogen-bond donors (Lipinski definition) is 1. The van der Waals surface area contributed by atoms with Crippen LogP contribution in [-0.2, 0) is 6.42 Å². The van der Waals surface area contributed by atoms with Crippen LogP contribution >= 0.6 is 11.3 Å². The molecule has 0 aliphatic heterocycles. The molecule has 1 atom stereocenters. The van der Waals surface area contributed by atoms with E-state index in [9.17, 15) is 4.79 Å². The normalized spacial score (nSPS) is 12.4. The maximum absolute atomic E-state index is 12.6. The Labute approximate surface area is 161 Å². The van der Waals surface area contributed by atoms with Crippen molar-refractivity contribution >= 4 is 27.5 Å². The molecule has 1 amide bonds. The van der Waals surface area contributed by atoms with Gasteiger partial charge in [-0.2, -0.15) is 0 Å². The third kappa shape index (κ3) is 3.53. The van der Waals surface area contributed by atoms with E-state index in [1.54, 1.807) is 17.6 Å². The molecular formula is C21H21N3O2S. The predicted octanol–water partition coefficient (Wildman–Crippen LogP) is 4.66. The van der Waals surface area contributed by atoms with Gasteiger partial charge < -0.3 is 9.73 Å². The lowest BCUT2D eigenvalue weighted by molar-refractivity contribution is 0.0939. The first kappa shape index (κ1) is 17.5. The van der Waals surface area contributed by atoms with Crippen molar-refractivity contribution in [2.24, 2.45) is 0 Å². The summed E-state index contributed by atoms with van der Waals surface area (Å²) in [5, 5.41) is 3.96. The lowest BCUT2D eigenvalue weighted by atomic mass is 10.1. The number of carbonyl (C=O) groups is 1. The van der Waals surface area contributed by atoms with E-state index in [0.29, 0.717) is 12.0 Å². The van der Waals surface area contributed by atoms with Crippen molar-refractivity contribution in [1.29, 1.82) is 0 Å². The summed E-state index contributed by atoms with van der Waals surface area (Å²) in [6.07, 6.45) is 2.31. The van der Waals surface area contributed by atoms with Gasteiger partial charge in [-0.1, -0.05) is 11.3 Å². The number of aromatic nitrogens is 2. The van der Waals surface area contributed by atoms with Crippen LogP contribution in [0.15, 0.2) is 53.1 Å². The lowest BCUT2D eigenvalue weighted by Crippen LogP contribution is -2.33. The van der Waals surface area contributed by atoms with E-state index in [1.165, 1.54) is 0 Å². The molecule has 1 unspecified atom stereocenters. The molecule has 3 heterocycles. The maximum atomic E-state index is 12.6. The highest BCUT2D eigenvalue weighted by Gasteiger charge is 2.14. The van der Waals surface area contributed by atoms with E-state index in [1.807, 2.05) is 37.3 Å². The molecule has 0 aliphatic rings. The van der Waals surface area contributed by atoms with Crippen molar-refractivity contribution < 1.29 is 9.21 Å². The average Bonchev–Trinajstić information content (AvgIpc) is 3.34. The second-order valence-corrected chi connectivity index (χ2v) is 7.80. The minimum atomic E-state index is -0.0840. The van der Waals surface area contributed by atoms with Crippen LogP contribution in [0, 0.1) is 13.8 Å². The van der Waals surface area contributed by atoms with E-state index in [0.717, 1.165) is 32.5 Å². The third-order valence-electron chi connectivity index (χ3n) is 4.57. The second-order valence-electron chi connectivity index (χ2n) is 6.79. The molecule has 1 N–H and O–H groups in total. The van der Waals surface area contributed by atoms with E-state index in [4.69, 9.17) is 9.40 Å². The number of rotatable bonds is 5. The SMILES string of the molecule is Cc1ccc(C)n1-c1nc2ccc(C(=O)NC(C)Cc3ccco3)cc2s1. The summed E-state index contributed by atoms with van der Waals surface area (Å²) in [7, 11) is 0. The summed E-state index contributed by atoms with van der Waals surface area (Å²) in [5.74, 6) is 0.780. The quantitative estimate of drug-likeness (QED) is 0.549. The Hall–Kier alpha value is -2.86. The van der Waals surface area contributed by atoms with Crippen molar-refractivity contribution in [2.75, 3.05) is 0 Å². The van der Waals surface area contributed by atoms with Crippen LogP contribution in [0.4, 0.5) is 0 Å². The van der Waals surface area contributed by atoms with Crippen LogP contribution < -0.4 is 5.32 Å². The van der Waals surface area contributed by atoms with Crippen molar-refractivity contribution in [1.82, 2.24) is 14.9 Å². The molecular weight excluding hydrogens is 358 g/mol. The molecule has 138 valence electrons. The largest absolute Gasteiger partial charge is 0.469 e. The van der Waals surface area contributed by atoms with E-state index < -0.39 is 0 Å². The molecule has 0 spiro atoms. The van der Waals surface area contributed by atoms with E-state index in [-0.39, 0.29) is 11.9 Å². The van der Waals surface area contributed by atoms with Crippen LogP contribution in [-0.4, -0.2) is 21.5 Å². The molecule has 3 aromatic heterocycles. The highest BCUT2D eigenvalue weighted by molar-refractivity contribution is 7.20. The van der Waals surface area contributed by atoms with Crippen molar-refractivity contribution in [2.45, 2.75) is 33.2 Å². The number of nitrogens with one attached hydrogen (secondary N) is 1. The number of fused-ring (bicyclic) bond motifs is 1. The van der Waals surface area contributed by atoms with Gasteiger partial charge in [0, 0.05) is 29.4 Å². The van der Waals surface area contributed by atoms with Crippen molar-refractivity contribution in [3.8, 4) is 5.13 Å². The zero-order chi connectivity index (χ0) is 19.0.